The molecule has 0 aromatic heterocycles. The van der Waals surface area contributed by atoms with E-state index < -0.39 is 11.4 Å². The molecule has 1 aromatic carbocycles. The zero-order valence-corrected chi connectivity index (χ0v) is 11.6. The summed E-state index contributed by atoms with van der Waals surface area (Å²) in [4.78, 5) is 0.505. The quantitative estimate of drug-likeness (QED) is 0.868. The Hall–Kier alpha value is -1.08. The number of hydrogen-bond acceptors (Lipinski definition) is 4. The lowest BCUT2D eigenvalue weighted by molar-refractivity contribution is -0.129. The van der Waals surface area contributed by atoms with Crippen molar-refractivity contribution in [1.82, 2.24) is 0 Å². The van der Waals surface area contributed by atoms with Gasteiger partial charge in [-0.15, -0.1) is 11.8 Å². The Morgan fingerprint density at radius 1 is 1.20 bits per heavy atom. The molecule has 0 fully saturated rings. The average Bonchev–Trinajstić information content (AvgIpc) is 2.61. The van der Waals surface area contributed by atoms with Gasteiger partial charge in [-0.05, 0) is 31.2 Å². The van der Waals surface area contributed by atoms with Crippen LogP contribution >= 0.6 is 11.8 Å². The van der Waals surface area contributed by atoms with Gasteiger partial charge in [0, 0.05) is 11.3 Å². The Kier molecular flexibility index (Phi) is 5.04. The summed E-state index contributed by atoms with van der Waals surface area (Å²) in [5, 5.41) is -1.50. The van der Waals surface area contributed by atoms with Crippen LogP contribution < -0.4 is 15.2 Å². The number of ether oxygens (including phenoxy) is 2. The SMILES string of the molecule is NCCC(Sc1ccc2c(c1)OCCCO2)C(F)(F)F. The van der Waals surface area contributed by atoms with Gasteiger partial charge in [-0.25, -0.2) is 0 Å². The lowest BCUT2D eigenvalue weighted by Crippen LogP contribution is -2.28. The largest absolute Gasteiger partial charge is 0.490 e. The fraction of sp³-hybridized carbons (Fsp3) is 0.538. The molecule has 1 atom stereocenters. The molecule has 7 heteroatoms. The van der Waals surface area contributed by atoms with Crippen LogP contribution in [-0.4, -0.2) is 31.2 Å². The lowest BCUT2D eigenvalue weighted by Gasteiger charge is -2.19. The monoisotopic (exact) mass is 307 g/mol. The Morgan fingerprint density at radius 3 is 2.55 bits per heavy atom. The van der Waals surface area contributed by atoms with Crippen LogP contribution in [0.15, 0.2) is 23.1 Å². The molecule has 1 aliphatic heterocycles. The summed E-state index contributed by atoms with van der Waals surface area (Å²) < 4.78 is 49.5. The fourth-order valence-corrected chi connectivity index (χ4v) is 2.86. The number of rotatable bonds is 4. The summed E-state index contributed by atoms with van der Waals surface area (Å²) in [5.74, 6) is 1.08. The minimum atomic E-state index is -4.27. The van der Waals surface area contributed by atoms with Gasteiger partial charge in [0.2, 0.25) is 0 Å². The Morgan fingerprint density at radius 2 is 1.90 bits per heavy atom. The summed E-state index contributed by atoms with van der Waals surface area (Å²) in [7, 11) is 0. The second kappa shape index (κ2) is 6.58. The molecule has 2 N–H and O–H groups in total. The smallest absolute Gasteiger partial charge is 0.400 e. The number of thioether (sulfide) groups is 1. The predicted molar refractivity (Wildman–Crippen MR) is 71.4 cm³/mol. The predicted octanol–water partition coefficient (Wildman–Crippen LogP) is 3.22. The van der Waals surface area contributed by atoms with Crippen molar-refractivity contribution in [2.45, 2.75) is 29.2 Å². The highest BCUT2D eigenvalue weighted by atomic mass is 32.2. The van der Waals surface area contributed by atoms with E-state index in [4.69, 9.17) is 15.2 Å². The van der Waals surface area contributed by atoms with Crippen LogP contribution in [0.3, 0.4) is 0 Å². The molecule has 1 aliphatic rings. The lowest BCUT2D eigenvalue weighted by atomic mass is 10.3. The number of halogens is 3. The zero-order valence-electron chi connectivity index (χ0n) is 10.8. The second-order valence-electron chi connectivity index (χ2n) is 4.38. The van der Waals surface area contributed by atoms with Crippen LogP contribution in [0.5, 0.6) is 11.5 Å². The number of benzene rings is 1. The number of fused-ring (bicyclic) bond motifs is 1. The van der Waals surface area contributed by atoms with Gasteiger partial charge >= 0.3 is 6.18 Å². The van der Waals surface area contributed by atoms with E-state index >= 15 is 0 Å². The first-order chi connectivity index (χ1) is 9.50. The van der Waals surface area contributed by atoms with Gasteiger partial charge in [0.15, 0.2) is 11.5 Å². The number of nitrogens with two attached hydrogens (primary N) is 1. The van der Waals surface area contributed by atoms with Crippen molar-refractivity contribution < 1.29 is 22.6 Å². The molecule has 112 valence electrons. The maximum atomic E-state index is 12.9. The van der Waals surface area contributed by atoms with E-state index in [1.807, 2.05) is 0 Å². The molecule has 0 aliphatic carbocycles. The Labute approximate surface area is 119 Å². The van der Waals surface area contributed by atoms with Crippen molar-refractivity contribution in [3.63, 3.8) is 0 Å². The van der Waals surface area contributed by atoms with Crippen molar-refractivity contribution in [3.05, 3.63) is 18.2 Å². The zero-order chi connectivity index (χ0) is 14.6. The summed E-state index contributed by atoms with van der Waals surface area (Å²) in [5.41, 5.74) is 5.25. The summed E-state index contributed by atoms with van der Waals surface area (Å²) >= 11 is 0.759. The summed E-state index contributed by atoms with van der Waals surface area (Å²) in [6.07, 6.45) is -3.62. The molecule has 0 saturated heterocycles. The topological polar surface area (TPSA) is 44.5 Å². The van der Waals surface area contributed by atoms with E-state index in [0.29, 0.717) is 29.6 Å². The fourth-order valence-electron chi connectivity index (χ4n) is 1.82. The van der Waals surface area contributed by atoms with Gasteiger partial charge in [0.1, 0.15) is 5.25 Å². The first-order valence-electron chi connectivity index (χ1n) is 6.34. The van der Waals surface area contributed by atoms with Crippen LogP contribution in [-0.2, 0) is 0 Å². The third-order valence-corrected chi connectivity index (χ3v) is 4.10. The summed E-state index contributed by atoms with van der Waals surface area (Å²) in [6, 6.07) is 4.87. The molecular weight excluding hydrogens is 291 g/mol. The highest BCUT2D eigenvalue weighted by Gasteiger charge is 2.39. The highest BCUT2D eigenvalue weighted by Crippen LogP contribution is 2.40. The van der Waals surface area contributed by atoms with Gasteiger partial charge in [0.25, 0.3) is 0 Å². The molecule has 0 spiro atoms. The van der Waals surface area contributed by atoms with Gasteiger partial charge in [-0.3, -0.25) is 0 Å². The van der Waals surface area contributed by atoms with Gasteiger partial charge in [-0.1, -0.05) is 0 Å². The van der Waals surface area contributed by atoms with Crippen molar-refractivity contribution in [2.75, 3.05) is 19.8 Å². The third kappa shape index (κ3) is 3.96. The first kappa shape index (κ1) is 15.3. The molecule has 1 aromatic rings. The molecule has 1 unspecified atom stereocenters. The molecule has 0 radical (unpaired) electrons. The van der Waals surface area contributed by atoms with Crippen molar-refractivity contribution in [3.8, 4) is 11.5 Å². The van der Waals surface area contributed by atoms with E-state index in [9.17, 15) is 13.2 Å². The van der Waals surface area contributed by atoms with Crippen LogP contribution in [0.25, 0.3) is 0 Å². The number of hydrogen-bond donors (Lipinski definition) is 1. The van der Waals surface area contributed by atoms with Crippen molar-refractivity contribution in [2.24, 2.45) is 5.73 Å². The molecule has 0 saturated carbocycles. The maximum absolute atomic E-state index is 12.9. The highest BCUT2D eigenvalue weighted by molar-refractivity contribution is 8.00. The Balaban J connectivity index is 2.14. The molecule has 2 rings (SSSR count). The van der Waals surface area contributed by atoms with Gasteiger partial charge in [-0.2, -0.15) is 13.2 Å². The van der Waals surface area contributed by atoms with Crippen molar-refractivity contribution >= 4 is 11.8 Å². The molecule has 1 heterocycles. The molecule has 0 amide bonds. The Bertz CT molecular complexity index is 454. The second-order valence-corrected chi connectivity index (χ2v) is 5.66. The number of alkyl halides is 3. The minimum absolute atomic E-state index is 0.00171. The van der Waals surface area contributed by atoms with E-state index in [0.717, 1.165) is 18.2 Å². The maximum Gasteiger partial charge on any atom is 0.400 e. The van der Waals surface area contributed by atoms with E-state index in [-0.39, 0.29) is 13.0 Å². The minimum Gasteiger partial charge on any atom is -0.490 e. The average molecular weight is 307 g/mol. The van der Waals surface area contributed by atoms with Crippen LogP contribution in [0.4, 0.5) is 13.2 Å². The van der Waals surface area contributed by atoms with Crippen LogP contribution in [0.2, 0.25) is 0 Å². The van der Waals surface area contributed by atoms with Crippen LogP contribution in [0, 0.1) is 0 Å². The van der Waals surface area contributed by atoms with E-state index in [1.54, 1.807) is 18.2 Å². The molecule has 3 nitrogen and oxygen atoms in total. The van der Waals surface area contributed by atoms with Crippen molar-refractivity contribution in [1.29, 1.82) is 0 Å². The molecular formula is C13H16F3NO2S. The van der Waals surface area contributed by atoms with Crippen LogP contribution in [0.1, 0.15) is 12.8 Å². The normalized spacial score (nSPS) is 16.6. The third-order valence-electron chi connectivity index (χ3n) is 2.79. The van der Waals surface area contributed by atoms with E-state index in [2.05, 4.69) is 0 Å². The first-order valence-corrected chi connectivity index (χ1v) is 7.22. The standard InChI is InChI=1S/C13H16F3NO2S/c14-13(15,16)12(4-5-17)20-9-2-3-10-11(8-9)19-7-1-6-18-10/h2-3,8,12H,1,4-7,17H2. The molecule has 20 heavy (non-hydrogen) atoms. The summed E-state index contributed by atoms with van der Waals surface area (Å²) in [6.45, 7) is 1.06. The van der Waals surface area contributed by atoms with E-state index in [1.165, 1.54) is 0 Å². The van der Waals surface area contributed by atoms with Gasteiger partial charge < -0.3 is 15.2 Å². The molecule has 0 bridgehead atoms. The van der Waals surface area contributed by atoms with Gasteiger partial charge in [0.05, 0.1) is 13.2 Å².